The third-order valence-corrected chi connectivity index (χ3v) is 4.44. The molecule has 2 aromatic rings. The highest BCUT2D eigenvalue weighted by Crippen LogP contribution is 2.27. The fraction of sp³-hybridized carbons (Fsp3) is 0.176. The number of halogens is 3. The van der Waals surface area contributed by atoms with Gasteiger partial charge in [0.05, 0.1) is 10.0 Å². The summed E-state index contributed by atoms with van der Waals surface area (Å²) in [7, 11) is 0. The molecule has 1 N–H and O–H groups in total. The van der Waals surface area contributed by atoms with Gasteiger partial charge in [-0.3, -0.25) is 9.59 Å². The molecule has 0 aliphatic rings. The van der Waals surface area contributed by atoms with Crippen LogP contribution < -0.4 is 10.2 Å². The predicted molar refractivity (Wildman–Crippen MR) is 97.8 cm³/mol. The quantitative estimate of drug-likeness (QED) is 0.833. The van der Waals surface area contributed by atoms with Gasteiger partial charge in [0.2, 0.25) is 11.8 Å². The zero-order valence-corrected chi connectivity index (χ0v) is 15.1. The molecule has 24 heavy (non-hydrogen) atoms. The van der Waals surface area contributed by atoms with E-state index in [0.29, 0.717) is 20.8 Å². The van der Waals surface area contributed by atoms with Crippen LogP contribution in [0.1, 0.15) is 12.5 Å². The Morgan fingerprint density at radius 1 is 1.00 bits per heavy atom. The smallest absolute Gasteiger partial charge is 0.240 e. The van der Waals surface area contributed by atoms with Crippen LogP contribution in [0.3, 0.4) is 0 Å². The van der Waals surface area contributed by atoms with E-state index in [4.69, 9.17) is 34.8 Å². The van der Waals surface area contributed by atoms with E-state index >= 15 is 0 Å². The molecule has 0 unspecified atom stereocenters. The lowest BCUT2D eigenvalue weighted by Crippen LogP contribution is -2.39. The van der Waals surface area contributed by atoms with Crippen LogP contribution in [0, 0.1) is 0 Å². The van der Waals surface area contributed by atoms with Gasteiger partial charge in [-0.25, -0.2) is 0 Å². The largest absolute Gasteiger partial charge is 0.350 e. The Kier molecular flexibility index (Phi) is 6.49. The predicted octanol–water partition coefficient (Wildman–Crippen LogP) is 4.32. The van der Waals surface area contributed by atoms with Crippen molar-refractivity contribution in [2.24, 2.45) is 0 Å². The van der Waals surface area contributed by atoms with Crippen LogP contribution in [0.5, 0.6) is 0 Å². The SMILES string of the molecule is CC(=O)N(CC(=O)NCc1ccccc1Cl)c1ccc(Cl)c(Cl)c1. The summed E-state index contributed by atoms with van der Waals surface area (Å²) < 4.78 is 0. The number of anilines is 1. The lowest BCUT2D eigenvalue weighted by atomic mass is 10.2. The van der Waals surface area contributed by atoms with Crippen molar-refractivity contribution in [3.63, 3.8) is 0 Å². The molecule has 2 amide bonds. The molecule has 0 heterocycles. The van der Waals surface area contributed by atoms with Crippen LogP contribution in [0.4, 0.5) is 5.69 Å². The van der Waals surface area contributed by atoms with Gasteiger partial charge in [0.1, 0.15) is 6.54 Å². The number of carbonyl (C=O) groups is 2. The fourth-order valence-corrected chi connectivity index (χ4v) is 2.57. The van der Waals surface area contributed by atoms with Gasteiger partial charge < -0.3 is 10.2 Å². The molecule has 0 saturated carbocycles. The first-order valence-corrected chi connectivity index (χ1v) is 8.25. The Hall–Kier alpha value is -1.75. The monoisotopic (exact) mass is 384 g/mol. The van der Waals surface area contributed by atoms with Crippen molar-refractivity contribution in [3.8, 4) is 0 Å². The summed E-state index contributed by atoms with van der Waals surface area (Å²) in [5, 5.41) is 4.02. The van der Waals surface area contributed by atoms with Crippen LogP contribution in [-0.2, 0) is 16.1 Å². The van der Waals surface area contributed by atoms with Gasteiger partial charge in [0.25, 0.3) is 0 Å². The number of nitrogens with zero attached hydrogens (tertiary/aromatic N) is 1. The molecule has 0 saturated heterocycles. The Morgan fingerprint density at radius 2 is 1.71 bits per heavy atom. The van der Waals surface area contributed by atoms with Crippen LogP contribution in [-0.4, -0.2) is 18.4 Å². The highest BCUT2D eigenvalue weighted by molar-refractivity contribution is 6.42. The lowest BCUT2D eigenvalue weighted by Gasteiger charge is -2.21. The lowest BCUT2D eigenvalue weighted by molar-refractivity contribution is -0.123. The fourth-order valence-electron chi connectivity index (χ4n) is 2.07. The minimum Gasteiger partial charge on any atom is -0.350 e. The first-order chi connectivity index (χ1) is 11.4. The van der Waals surface area contributed by atoms with E-state index in [0.717, 1.165) is 5.56 Å². The summed E-state index contributed by atoms with van der Waals surface area (Å²) in [6.45, 7) is 1.53. The molecule has 0 aliphatic carbocycles. The Labute approximate surface area is 155 Å². The van der Waals surface area contributed by atoms with Crippen molar-refractivity contribution in [1.29, 1.82) is 0 Å². The summed E-state index contributed by atoms with van der Waals surface area (Å²) in [6.07, 6.45) is 0. The standard InChI is InChI=1S/C17H15Cl3N2O2/c1-11(23)22(13-6-7-15(19)16(20)8-13)10-17(24)21-9-12-4-2-3-5-14(12)18/h2-8H,9-10H2,1H3,(H,21,24). The number of hydrogen-bond donors (Lipinski definition) is 1. The van der Waals surface area contributed by atoms with E-state index < -0.39 is 0 Å². The van der Waals surface area contributed by atoms with Crippen molar-refractivity contribution < 1.29 is 9.59 Å². The van der Waals surface area contributed by atoms with Crippen LogP contribution in [0.2, 0.25) is 15.1 Å². The highest BCUT2D eigenvalue weighted by Gasteiger charge is 2.17. The van der Waals surface area contributed by atoms with Crippen molar-refractivity contribution in [1.82, 2.24) is 5.32 Å². The maximum atomic E-state index is 12.2. The second-order valence-corrected chi connectivity index (χ2v) is 6.29. The third-order valence-electron chi connectivity index (χ3n) is 3.33. The highest BCUT2D eigenvalue weighted by atomic mass is 35.5. The molecule has 0 aliphatic heterocycles. The van der Waals surface area contributed by atoms with Crippen LogP contribution in [0.15, 0.2) is 42.5 Å². The van der Waals surface area contributed by atoms with Gasteiger partial charge in [-0.1, -0.05) is 53.0 Å². The second-order valence-electron chi connectivity index (χ2n) is 5.07. The molecule has 0 spiro atoms. The summed E-state index contributed by atoms with van der Waals surface area (Å²) in [4.78, 5) is 25.3. The number of carbonyl (C=O) groups excluding carboxylic acids is 2. The zero-order chi connectivity index (χ0) is 17.7. The van der Waals surface area contributed by atoms with Crippen molar-refractivity contribution in [3.05, 3.63) is 63.1 Å². The van der Waals surface area contributed by atoms with E-state index in [2.05, 4.69) is 5.32 Å². The van der Waals surface area contributed by atoms with Gasteiger partial charge in [-0.05, 0) is 29.8 Å². The van der Waals surface area contributed by atoms with Gasteiger partial charge in [-0.2, -0.15) is 0 Å². The average molecular weight is 386 g/mol. The number of rotatable bonds is 5. The van der Waals surface area contributed by atoms with E-state index in [9.17, 15) is 9.59 Å². The number of benzene rings is 2. The van der Waals surface area contributed by atoms with Gasteiger partial charge in [0.15, 0.2) is 0 Å². The summed E-state index contributed by atoms with van der Waals surface area (Å²) in [6, 6.07) is 12.0. The first kappa shape index (κ1) is 18.6. The topological polar surface area (TPSA) is 49.4 Å². The number of nitrogens with one attached hydrogen (secondary N) is 1. The van der Waals surface area contributed by atoms with Crippen LogP contribution >= 0.6 is 34.8 Å². The summed E-state index contributed by atoms with van der Waals surface area (Å²) in [5.41, 5.74) is 1.31. The molecular formula is C17H15Cl3N2O2. The molecule has 4 nitrogen and oxygen atoms in total. The molecule has 0 radical (unpaired) electrons. The van der Waals surface area contributed by atoms with Gasteiger partial charge in [-0.15, -0.1) is 0 Å². The molecule has 0 fully saturated rings. The first-order valence-electron chi connectivity index (χ1n) is 7.11. The maximum Gasteiger partial charge on any atom is 0.240 e. The minimum absolute atomic E-state index is 0.127. The molecule has 0 aromatic heterocycles. The maximum absolute atomic E-state index is 12.2. The third kappa shape index (κ3) is 4.87. The molecule has 2 rings (SSSR count). The molecule has 2 aromatic carbocycles. The van der Waals surface area contributed by atoms with Crippen molar-refractivity contribution in [2.75, 3.05) is 11.4 Å². The van der Waals surface area contributed by atoms with E-state index in [1.165, 1.54) is 11.8 Å². The van der Waals surface area contributed by atoms with Gasteiger partial charge in [0, 0.05) is 24.2 Å². The minimum atomic E-state index is -0.309. The van der Waals surface area contributed by atoms with Crippen molar-refractivity contribution >= 4 is 52.3 Å². The zero-order valence-electron chi connectivity index (χ0n) is 12.9. The Bertz CT molecular complexity index is 765. The van der Waals surface area contributed by atoms with Gasteiger partial charge >= 0.3 is 0 Å². The summed E-state index contributed by atoms with van der Waals surface area (Å²) in [5.74, 6) is -0.586. The molecule has 7 heteroatoms. The Morgan fingerprint density at radius 3 is 2.33 bits per heavy atom. The molecule has 126 valence electrons. The number of amides is 2. The van der Waals surface area contributed by atoms with Crippen LogP contribution in [0.25, 0.3) is 0 Å². The van der Waals surface area contributed by atoms with E-state index in [1.807, 2.05) is 18.2 Å². The normalized spacial score (nSPS) is 10.3. The number of hydrogen-bond acceptors (Lipinski definition) is 2. The Balaban J connectivity index is 2.05. The van der Waals surface area contributed by atoms with E-state index in [-0.39, 0.29) is 24.9 Å². The average Bonchev–Trinajstić information content (AvgIpc) is 2.54. The molecule has 0 atom stereocenters. The molecular weight excluding hydrogens is 371 g/mol. The second kappa shape index (κ2) is 8.38. The summed E-state index contributed by atoms with van der Waals surface area (Å²) >= 11 is 17.9. The molecule has 0 bridgehead atoms. The van der Waals surface area contributed by atoms with Crippen molar-refractivity contribution in [2.45, 2.75) is 13.5 Å². The van der Waals surface area contributed by atoms with E-state index in [1.54, 1.807) is 24.3 Å².